The third-order valence-electron chi connectivity index (χ3n) is 2.46. The van der Waals surface area contributed by atoms with Gasteiger partial charge in [-0.2, -0.15) is 0 Å². The first-order valence-corrected chi connectivity index (χ1v) is 6.10. The second-order valence-electron chi connectivity index (χ2n) is 3.57. The van der Waals surface area contributed by atoms with E-state index in [1.165, 1.54) is 0 Å². The number of alkyl halides is 2. The highest BCUT2D eigenvalue weighted by Gasteiger charge is 2.28. The fraction of sp³-hybridized carbons (Fsp3) is 0.455. The van der Waals surface area contributed by atoms with Gasteiger partial charge in [-0.25, -0.2) is 0 Å². The van der Waals surface area contributed by atoms with Crippen molar-refractivity contribution in [1.29, 1.82) is 0 Å². The summed E-state index contributed by atoms with van der Waals surface area (Å²) in [7, 11) is 0. The van der Waals surface area contributed by atoms with E-state index in [9.17, 15) is 4.79 Å². The Kier molecular flexibility index (Phi) is 5.03. The molecule has 0 atom stereocenters. The van der Waals surface area contributed by atoms with E-state index in [0.29, 0.717) is 12.1 Å². The molecule has 0 bridgehead atoms. The molecule has 0 saturated heterocycles. The molecular formula is C11H14Cl2N2O. The van der Waals surface area contributed by atoms with Crippen LogP contribution >= 0.6 is 23.2 Å². The predicted molar refractivity (Wildman–Crippen MR) is 66.2 cm³/mol. The Labute approximate surface area is 105 Å². The molecule has 1 aromatic rings. The first-order valence-electron chi connectivity index (χ1n) is 5.03. The van der Waals surface area contributed by atoms with Crippen molar-refractivity contribution in [1.82, 2.24) is 10.3 Å². The molecule has 0 saturated carbocycles. The van der Waals surface area contributed by atoms with E-state index in [2.05, 4.69) is 10.3 Å². The van der Waals surface area contributed by atoms with Crippen molar-refractivity contribution in [2.24, 2.45) is 0 Å². The number of rotatable bonds is 5. The summed E-state index contributed by atoms with van der Waals surface area (Å²) in [6, 6.07) is 5.17. The van der Waals surface area contributed by atoms with E-state index in [1.807, 2.05) is 6.92 Å². The highest BCUT2D eigenvalue weighted by Crippen LogP contribution is 2.15. The molecule has 0 spiro atoms. The van der Waals surface area contributed by atoms with Crippen LogP contribution in [0.1, 0.15) is 23.8 Å². The lowest BCUT2D eigenvalue weighted by atomic mass is 10.0. The van der Waals surface area contributed by atoms with Crippen LogP contribution in [0.3, 0.4) is 0 Å². The van der Waals surface area contributed by atoms with Gasteiger partial charge in [0.1, 0.15) is 5.69 Å². The van der Waals surface area contributed by atoms with Crippen molar-refractivity contribution in [3.63, 3.8) is 0 Å². The van der Waals surface area contributed by atoms with Gasteiger partial charge in [-0.05, 0) is 18.6 Å². The molecule has 16 heavy (non-hydrogen) atoms. The summed E-state index contributed by atoms with van der Waals surface area (Å²) in [6.07, 6.45) is 2.25. The number of nitrogens with one attached hydrogen (secondary N) is 1. The van der Waals surface area contributed by atoms with Crippen molar-refractivity contribution in [3.8, 4) is 0 Å². The minimum Gasteiger partial charge on any atom is -0.343 e. The third-order valence-corrected chi connectivity index (χ3v) is 3.49. The largest absolute Gasteiger partial charge is 0.343 e. The Morgan fingerprint density at radius 1 is 1.44 bits per heavy atom. The number of hydrogen-bond donors (Lipinski definition) is 1. The van der Waals surface area contributed by atoms with Gasteiger partial charge in [0.25, 0.3) is 5.91 Å². The van der Waals surface area contributed by atoms with Gasteiger partial charge >= 0.3 is 0 Å². The van der Waals surface area contributed by atoms with Crippen molar-refractivity contribution < 1.29 is 4.79 Å². The summed E-state index contributed by atoms with van der Waals surface area (Å²) in [5.41, 5.74) is -0.187. The SMILES string of the molecule is CCC(CCl)(CCl)NC(=O)c1ccccn1. The molecule has 1 rings (SSSR count). The number of carbonyl (C=O) groups excluding carboxylic acids is 1. The van der Waals surface area contributed by atoms with Crippen LogP contribution in [0.25, 0.3) is 0 Å². The van der Waals surface area contributed by atoms with E-state index in [1.54, 1.807) is 24.4 Å². The summed E-state index contributed by atoms with van der Waals surface area (Å²) in [5, 5.41) is 2.83. The molecule has 3 nitrogen and oxygen atoms in total. The highest BCUT2D eigenvalue weighted by atomic mass is 35.5. The van der Waals surface area contributed by atoms with E-state index < -0.39 is 5.54 Å². The fourth-order valence-electron chi connectivity index (χ4n) is 1.18. The molecule has 1 heterocycles. The molecule has 88 valence electrons. The topological polar surface area (TPSA) is 42.0 Å². The van der Waals surface area contributed by atoms with Crippen LogP contribution < -0.4 is 5.32 Å². The Balaban J connectivity index is 2.77. The lowest BCUT2D eigenvalue weighted by molar-refractivity contribution is 0.0908. The van der Waals surface area contributed by atoms with Gasteiger partial charge in [0, 0.05) is 18.0 Å². The van der Waals surface area contributed by atoms with Crippen LogP contribution in [0.4, 0.5) is 0 Å². The zero-order valence-electron chi connectivity index (χ0n) is 9.04. The molecule has 0 radical (unpaired) electrons. The molecule has 0 aliphatic rings. The zero-order valence-corrected chi connectivity index (χ0v) is 10.6. The Morgan fingerprint density at radius 3 is 2.56 bits per heavy atom. The molecule has 0 aliphatic carbocycles. The summed E-state index contributed by atoms with van der Waals surface area (Å²) >= 11 is 11.7. The number of aromatic nitrogens is 1. The molecular weight excluding hydrogens is 247 g/mol. The number of hydrogen-bond acceptors (Lipinski definition) is 2. The van der Waals surface area contributed by atoms with Gasteiger partial charge in [0.15, 0.2) is 0 Å². The molecule has 1 amide bonds. The number of carbonyl (C=O) groups is 1. The zero-order chi connectivity index (χ0) is 12.0. The smallest absolute Gasteiger partial charge is 0.270 e. The molecule has 0 aliphatic heterocycles. The second-order valence-corrected chi connectivity index (χ2v) is 4.10. The Morgan fingerprint density at radius 2 is 2.12 bits per heavy atom. The standard InChI is InChI=1S/C11H14Cl2N2O/c1-2-11(7-12,8-13)15-10(16)9-5-3-4-6-14-9/h3-6H,2,7-8H2,1H3,(H,15,16). The van der Waals surface area contributed by atoms with E-state index in [0.717, 1.165) is 0 Å². The maximum Gasteiger partial charge on any atom is 0.270 e. The lowest BCUT2D eigenvalue weighted by Crippen LogP contribution is -2.51. The summed E-state index contributed by atoms with van der Waals surface area (Å²) in [5.74, 6) is 0.320. The fourth-order valence-corrected chi connectivity index (χ4v) is 1.98. The minimum absolute atomic E-state index is 0.247. The van der Waals surface area contributed by atoms with Gasteiger partial charge in [-0.3, -0.25) is 9.78 Å². The van der Waals surface area contributed by atoms with Gasteiger partial charge in [0.2, 0.25) is 0 Å². The molecule has 1 N–H and O–H groups in total. The Hall–Kier alpha value is -0.800. The minimum atomic E-state index is -0.558. The number of pyridine rings is 1. The molecule has 0 aromatic carbocycles. The van der Waals surface area contributed by atoms with E-state index in [4.69, 9.17) is 23.2 Å². The average Bonchev–Trinajstić information content (AvgIpc) is 2.37. The molecule has 0 unspecified atom stereocenters. The predicted octanol–water partition coefficient (Wildman–Crippen LogP) is 2.44. The molecule has 5 heteroatoms. The van der Waals surface area contributed by atoms with E-state index >= 15 is 0 Å². The van der Waals surface area contributed by atoms with Crippen molar-refractivity contribution in [2.45, 2.75) is 18.9 Å². The maximum absolute atomic E-state index is 11.8. The van der Waals surface area contributed by atoms with Crippen LogP contribution in [-0.4, -0.2) is 28.2 Å². The number of nitrogens with zero attached hydrogens (tertiary/aromatic N) is 1. The summed E-state index contributed by atoms with van der Waals surface area (Å²) in [6.45, 7) is 1.93. The van der Waals surface area contributed by atoms with Crippen LogP contribution in [0.2, 0.25) is 0 Å². The number of halogens is 2. The first-order chi connectivity index (χ1) is 7.67. The molecule has 0 fully saturated rings. The second kappa shape index (κ2) is 6.06. The summed E-state index contributed by atoms with van der Waals surface area (Å²) in [4.78, 5) is 15.8. The van der Waals surface area contributed by atoms with Crippen molar-refractivity contribution in [2.75, 3.05) is 11.8 Å². The van der Waals surface area contributed by atoms with Gasteiger partial charge in [-0.15, -0.1) is 23.2 Å². The molecule has 1 aromatic heterocycles. The maximum atomic E-state index is 11.8. The van der Waals surface area contributed by atoms with Crippen LogP contribution in [0, 0.1) is 0 Å². The lowest BCUT2D eigenvalue weighted by Gasteiger charge is -2.29. The summed E-state index contributed by atoms with van der Waals surface area (Å²) < 4.78 is 0. The number of amides is 1. The Bertz CT molecular complexity index is 331. The monoisotopic (exact) mass is 260 g/mol. The average molecular weight is 261 g/mol. The first kappa shape index (κ1) is 13.3. The third kappa shape index (κ3) is 3.09. The van der Waals surface area contributed by atoms with Crippen molar-refractivity contribution >= 4 is 29.1 Å². The van der Waals surface area contributed by atoms with E-state index in [-0.39, 0.29) is 17.7 Å². The van der Waals surface area contributed by atoms with Crippen LogP contribution in [0.5, 0.6) is 0 Å². The highest BCUT2D eigenvalue weighted by molar-refractivity contribution is 6.22. The van der Waals surface area contributed by atoms with Gasteiger partial charge < -0.3 is 5.32 Å². The van der Waals surface area contributed by atoms with Crippen LogP contribution in [-0.2, 0) is 0 Å². The quantitative estimate of drug-likeness (QED) is 0.827. The van der Waals surface area contributed by atoms with Crippen LogP contribution in [0.15, 0.2) is 24.4 Å². The normalized spacial score (nSPS) is 11.2. The van der Waals surface area contributed by atoms with Gasteiger partial charge in [0.05, 0.1) is 5.54 Å². The van der Waals surface area contributed by atoms with Crippen molar-refractivity contribution in [3.05, 3.63) is 30.1 Å². The van der Waals surface area contributed by atoms with Gasteiger partial charge in [-0.1, -0.05) is 13.0 Å².